The van der Waals surface area contributed by atoms with Gasteiger partial charge in [-0.15, -0.1) is 0 Å². The van der Waals surface area contributed by atoms with Crippen molar-refractivity contribution in [1.29, 1.82) is 0 Å². The van der Waals surface area contributed by atoms with Crippen molar-refractivity contribution in [2.45, 2.75) is 26.7 Å². The third kappa shape index (κ3) is 2.70. The van der Waals surface area contributed by atoms with Crippen molar-refractivity contribution >= 4 is 34.5 Å². The van der Waals surface area contributed by atoms with Crippen LogP contribution < -0.4 is 3.11 Å². The van der Waals surface area contributed by atoms with Gasteiger partial charge in [0.1, 0.15) is 0 Å². The highest BCUT2D eigenvalue weighted by Crippen LogP contribution is 2.23. The van der Waals surface area contributed by atoms with Gasteiger partial charge in [-0.3, -0.25) is 7.91 Å². The van der Waals surface area contributed by atoms with Crippen LogP contribution in [0.15, 0.2) is 24.3 Å². The van der Waals surface area contributed by atoms with Crippen molar-refractivity contribution in [3.8, 4) is 0 Å². The number of benzene rings is 1. The van der Waals surface area contributed by atoms with E-state index < -0.39 is 0 Å². The third-order valence-corrected chi connectivity index (χ3v) is 3.28. The lowest BCUT2D eigenvalue weighted by Gasteiger charge is -2.14. The van der Waals surface area contributed by atoms with Crippen LogP contribution >= 0.6 is 22.9 Å². The van der Waals surface area contributed by atoms with Gasteiger partial charge in [0.2, 0.25) is 5.91 Å². The second kappa shape index (κ2) is 4.77. The predicted octanol–water partition coefficient (Wildman–Crippen LogP) is 3.51. The number of rotatable bonds is 2. The van der Waals surface area contributed by atoms with E-state index in [2.05, 4.69) is 26.0 Å². The number of anilines is 1. The Balaban J connectivity index is 2.99. The highest BCUT2D eigenvalue weighted by molar-refractivity contribution is 14.1. The van der Waals surface area contributed by atoms with E-state index in [1.165, 1.54) is 5.56 Å². The number of nitrogens with zero attached hydrogens (tertiary/aromatic N) is 1. The molecule has 0 aliphatic carbocycles. The summed E-state index contributed by atoms with van der Waals surface area (Å²) in [4.78, 5) is 11.1. The molecule has 3 heteroatoms. The fourth-order valence-corrected chi connectivity index (χ4v) is 1.49. The van der Waals surface area contributed by atoms with Crippen LogP contribution in [0.1, 0.15) is 32.3 Å². The Morgan fingerprint density at radius 2 is 2.07 bits per heavy atom. The molecule has 76 valence electrons. The molecule has 0 unspecified atom stereocenters. The van der Waals surface area contributed by atoms with E-state index in [0.717, 1.165) is 5.69 Å². The molecule has 1 aromatic rings. The van der Waals surface area contributed by atoms with Gasteiger partial charge < -0.3 is 0 Å². The largest absolute Gasteiger partial charge is 0.274 e. The lowest BCUT2D eigenvalue weighted by molar-refractivity contribution is -0.115. The number of halogens is 1. The van der Waals surface area contributed by atoms with Crippen LogP contribution in [0.2, 0.25) is 0 Å². The van der Waals surface area contributed by atoms with Crippen molar-refractivity contribution in [3.63, 3.8) is 0 Å². The molecule has 1 aromatic carbocycles. The van der Waals surface area contributed by atoms with Crippen molar-refractivity contribution in [2.24, 2.45) is 0 Å². The van der Waals surface area contributed by atoms with Gasteiger partial charge in [0.05, 0.1) is 28.6 Å². The molecule has 2 nitrogen and oxygen atoms in total. The summed E-state index contributed by atoms with van der Waals surface area (Å²) < 4.78 is 1.63. The summed E-state index contributed by atoms with van der Waals surface area (Å²) in [5, 5.41) is 0. The molecule has 0 spiro atoms. The zero-order valence-corrected chi connectivity index (χ0v) is 10.8. The van der Waals surface area contributed by atoms with Crippen LogP contribution in [-0.4, -0.2) is 5.91 Å². The Kier molecular flexibility index (Phi) is 3.92. The average Bonchev–Trinajstić information content (AvgIpc) is 2.16. The van der Waals surface area contributed by atoms with Gasteiger partial charge >= 0.3 is 0 Å². The molecule has 0 radical (unpaired) electrons. The molecule has 0 heterocycles. The summed E-state index contributed by atoms with van der Waals surface area (Å²) in [6, 6.07) is 8.07. The van der Waals surface area contributed by atoms with Crippen LogP contribution in [0.5, 0.6) is 0 Å². The third-order valence-electron chi connectivity index (χ3n) is 2.04. The summed E-state index contributed by atoms with van der Waals surface area (Å²) in [6.45, 7) is 5.85. The maximum atomic E-state index is 11.1. The van der Waals surface area contributed by atoms with E-state index in [-0.39, 0.29) is 5.91 Å². The topological polar surface area (TPSA) is 20.3 Å². The minimum absolute atomic E-state index is 0.0477. The Morgan fingerprint density at radius 3 is 2.57 bits per heavy atom. The fourth-order valence-electron chi connectivity index (χ4n) is 1.19. The van der Waals surface area contributed by atoms with E-state index >= 15 is 0 Å². The fraction of sp³-hybridized carbons (Fsp3) is 0.364. The minimum atomic E-state index is 0.0477. The van der Waals surface area contributed by atoms with Gasteiger partial charge in [-0.2, -0.15) is 0 Å². The van der Waals surface area contributed by atoms with Crippen LogP contribution in [0.25, 0.3) is 0 Å². The number of hydrogen-bond acceptors (Lipinski definition) is 1. The second-order valence-corrected chi connectivity index (χ2v) is 4.51. The molecule has 0 fully saturated rings. The maximum Gasteiger partial charge on any atom is 0.232 e. The Labute approximate surface area is 98.8 Å². The lowest BCUT2D eigenvalue weighted by Crippen LogP contribution is -2.15. The van der Waals surface area contributed by atoms with Crippen LogP contribution in [0.3, 0.4) is 0 Å². The molecule has 0 N–H and O–H groups in total. The van der Waals surface area contributed by atoms with Crippen LogP contribution in [0.4, 0.5) is 5.69 Å². The molecule has 0 aliphatic heterocycles. The van der Waals surface area contributed by atoms with Crippen molar-refractivity contribution in [3.05, 3.63) is 29.8 Å². The summed E-state index contributed by atoms with van der Waals surface area (Å²) >= 11 is 2.02. The molecule has 0 saturated heterocycles. The molecule has 0 atom stereocenters. The monoisotopic (exact) mass is 303 g/mol. The van der Waals surface area contributed by atoms with E-state index in [9.17, 15) is 4.79 Å². The van der Waals surface area contributed by atoms with Crippen LogP contribution in [-0.2, 0) is 4.79 Å². The first-order chi connectivity index (χ1) is 6.52. The molecule has 14 heavy (non-hydrogen) atoms. The predicted molar refractivity (Wildman–Crippen MR) is 67.7 cm³/mol. The SMILES string of the molecule is CC(=O)N(I)c1cccc(C(C)C)c1. The number of hydrogen-bond donors (Lipinski definition) is 0. The van der Waals surface area contributed by atoms with E-state index in [1.807, 2.05) is 35.0 Å². The molecule has 0 saturated carbocycles. The van der Waals surface area contributed by atoms with Crippen molar-refractivity contribution in [1.82, 2.24) is 0 Å². The molecular formula is C11H14INO. The number of carbonyl (C=O) groups excluding carboxylic acids is 1. The Hall–Kier alpha value is -0.580. The van der Waals surface area contributed by atoms with E-state index in [1.54, 1.807) is 10.0 Å². The zero-order chi connectivity index (χ0) is 10.7. The van der Waals surface area contributed by atoms with Crippen molar-refractivity contribution < 1.29 is 4.79 Å². The first kappa shape index (κ1) is 11.5. The lowest BCUT2D eigenvalue weighted by atomic mass is 10.0. The highest BCUT2D eigenvalue weighted by Gasteiger charge is 2.08. The molecule has 1 rings (SSSR count). The zero-order valence-electron chi connectivity index (χ0n) is 8.62. The molecule has 0 aliphatic rings. The average molecular weight is 303 g/mol. The minimum Gasteiger partial charge on any atom is -0.274 e. The number of amides is 1. The molecule has 1 amide bonds. The van der Waals surface area contributed by atoms with Crippen LogP contribution in [0, 0.1) is 0 Å². The molecule has 0 bridgehead atoms. The Bertz CT molecular complexity index is 336. The maximum absolute atomic E-state index is 11.1. The van der Waals surface area contributed by atoms with E-state index in [0.29, 0.717) is 5.92 Å². The Morgan fingerprint density at radius 1 is 1.43 bits per heavy atom. The second-order valence-electron chi connectivity index (χ2n) is 3.55. The quantitative estimate of drug-likeness (QED) is 0.605. The highest BCUT2D eigenvalue weighted by atomic mass is 127. The summed E-state index contributed by atoms with van der Waals surface area (Å²) in [5.41, 5.74) is 2.20. The van der Waals surface area contributed by atoms with Crippen molar-refractivity contribution in [2.75, 3.05) is 3.11 Å². The smallest absolute Gasteiger partial charge is 0.232 e. The van der Waals surface area contributed by atoms with E-state index in [4.69, 9.17) is 0 Å². The van der Waals surface area contributed by atoms with Gasteiger partial charge in [0.25, 0.3) is 0 Å². The van der Waals surface area contributed by atoms with Gasteiger partial charge in [0, 0.05) is 6.92 Å². The number of carbonyl (C=O) groups is 1. The molecular weight excluding hydrogens is 289 g/mol. The molecule has 0 aromatic heterocycles. The normalized spacial score (nSPS) is 10.4. The standard InChI is InChI=1S/C11H14INO/c1-8(2)10-5-4-6-11(7-10)13(12)9(3)14/h4-8H,1-3H3. The summed E-state index contributed by atoms with van der Waals surface area (Å²) in [7, 11) is 0. The summed E-state index contributed by atoms with van der Waals surface area (Å²) in [6.07, 6.45) is 0. The van der Waals surface area contributed by atoms with Gasteiger partial charge in [-0.05, 0) is 23.6 Å². The first-order valence-electron chi connectivity index (χ1n) is 4.59. The van der Waals surface area contributed by atoms with Gasteiger partial charge in [-0.1, -0.05) is 26.0 Å². The summed E-state index contributed by atoms with van der Waals surface area (Å²) in [5.74, 6) is 0.540. The van der Waals surface area contributed by atoms with Gasteiger partial charge in [0.15, 0.2) is 0 Å². The van der Waals surface area contributed by atoms with Gasteiger partial charge in [-0.25, -0.2) is 0 Å². The first-order valence-corrected chi connectivity index (χ1v) is 5.55.